The SMILES string of the molecule is [CH2-]N1CCN(Cc2ccc(OC)cc2)CC1. The maximum Gasteiger partial charge on any atom is 0.118 e. The molecule has 0 radical (unpaired) electrons. The van der Waals surface area contributed by atoms with Gasteiger partial charge >= 0.3 is 0 Å². The molecule has 0 N–H and O–H groups in total. The Morgan fingerprint density at radius 2 is 1.75 bits per heavy atom. The Hall–Kier alpha value is -1.06. The summed E-state index contributed by atoms with van der Waals surface area (Å²) >= 11 is 0. The first-order valence-corrected chi connectivity index (χ1v) is 5.68. The maximum atomic E-state index is 5.14. The zero-order chi connectivity index (χ0) is 11.4. The summed E-state index contributed by atoms with van der Waals surface area (Å²) in [6, 6.07) is 8.31. The van der Waals surface area contributed by atoms with Gasteiger partial charge in [-0.2, -0.15) is 0 Å². The van der Waals surface area contributed by atoms with Gasteiger partial charge in [-0.05, 0) is 30.8 Å². The van der Waals surface area contributed by atoms with E-state index in [2.05, 4.69) is 29.0 Å². The van der Waals surface area contributed by atoms with Gasteiger partial charge in [0.25, 0.3) is 0 Å². The highest BCUT2D eigenvalue weighted by Crippen LogP contribution is 2.13. The van der Waals surface area contributed by atoms with Crippen molar-refractivity contribution in [2.45, 2.75) is 6.54 Å². The molecular formula is C13H19N2O-. The first-order valence-electron chi connectivity index (χ1n) is 5.68. The zero-order valence-corrected chi connectivity index (χ0v) is 9.85. The summed E-state index contributed by atoms with van der Waals surface area (Å²) in [6.45, 7) is 5.37. The molecule has 0 saturated carbocycles. The molecule has 0 spiro atoms. The number of benzene rings is 1. The predicted octanol–water partition coefficient (Wildman–Crippen LogP) is 1.60. The lowest BCUT2D eigenvalue weighted by Gasteiger charge is -2.37. The predicted molar refractivity (Wildman–Crippen MR) is 65.2 cm³/mol. The second-order valence-corrected chi connectivity index (χ2v) is 4.24. The van der Waals surface area contributed by atoms with Crippen LogP contribution in [-0.4, -0.2) is 43.1 Å². The summed E-state index contributed by atoms with van der Waals surface area (Å²) in [5, 5.41) is 0. The van der Waals surface area contributed by atoms with Gasteiger partial charge in [0.15, 0.2) is 0 Å². The van der Waals surface area contributed by atoms with Gasteiger partial charge in [-0.3, -0.25) is 11.9 Å². The number of hydrogen-bond acceptors (Lipinski definition) is 3. The highest BCUT2D eigenvalue weighted by Gasteiger charge is 2.10. The molecule has 0 unspecified atom stereocenters. The summed E-state index contributed by atoms with van der Waals surface area (Å²) in [6.07, 6.45) is 0. The number of ether oxygens (including phenoxy) is 1. The van der Waals surface area contributed by atoms with Crippen LogP contribution in [0.1, 0.15) is 5.56 Å². The van der Waals surface area contributed by atoms with Crippen molar-refractivity contribution in [3.63, 3.8) is 0 Å². The topological polar surface area (TPSA) is 15.7 Å². The minimum absolute atomic E-state index is 0.923. The zero-order valence-electron chi connectivity index (χ0n) is 9.85. The number of nitrogens with zero attached hydrogens (tertiary/aromatic N) is 2. The van der Waals surface area contributed by atoms with E-state index in [1.54, 1.807) is 7.11 Å². The summed E-state index contributed by atoms with van der Waals surface area (Å²) in [5.41, 5.74) is 1.35. The molecule has 3 heteroatoms. The van der Waals surface area contributed by atoms with E-state index in [4.69, 9.17) is 4.74 Å². The van der Waals surface area contributed by atoms with Crippen LogP contribution in [0.3, 0.4) is 0 Å². The van der Waals surface area contributed by atoms with Gasteiger partial charge in [0.1, 0.15) is 5.75 Å². The lowest BCUT2D eigenvalue weighted by atomic mass is 10.2. The fourth-order valence-electron chi connectivity index (χ4n) is 1.94. The molecule has 1 saturated heterocycles. The third kappa shape index (κ3) is 2.97. The Labute approximate surface area is 97.6 Å². The van der Waals surface area contributed by atoms with Crippen molar-refractivity contribution in [3.05, 3.63) is 36.9 Å². The van der Waals surface area contributed by atoms with E-state index in [1.165, 1.54) is 5.56 Å². The van der Waals surface area contributed by atoms with Crippen LogP contribution in [0.5, 0.6) is 5.75 Å². The first-order chi connectivity index (χ1) is 7.78. The van der Waals surface area contributed by atoms with Gasteiger partial charge < -0.3 is 9.64 Å². The number of rotatable bonds is 3. The number of hydrogen-bond donors (Lipinski definition) is 0. The third-order valence-electron chi connectivity index (χ3n) is 3.03. The molecule has 88 valence electrons. The molecule has 1 aliphatic rings. The summed E-state index contributed by atoms with van der Waals surface area (Å²) in [7, 11) is 5.65. The highest BCUT2D eigenvalue weighted by atomic mass is 16.5. The minimum Gasteiger partial charge on any atom is -0.497 e. The van der Waals surface area contributed by atoms with Gasteiger partial charge in [0.05, 0.1) is 7.11 Å². The molecule has 1 aliphatic heterocycles. The van der Waals surface area contributed by atoms with Crippen LogP contribution in [-0.2, 0) is 6.54 Å². The third-order valence-corrected chi connectivity index (χ3v) is 3.03. The Kier molecular flexibility index (Phi) is 3.80. The first kappa shape index (κ1) is 11.4. The molecule has 0 amide bonds. The molecule has 0 bridgehead atoms. The molecule has 1 aromatic carbocycles. The highest BCUT2D eigenvalue weighted by molar-refractivity contribution is 5.27. The van der Waals surface area contributed by atoms with Gasteiger partial charge in [0, 0.05) is 19.6 Å². The Morgan fingerprint density at radius 1 is 1.12 bits per heavy atom. The average molecular weight is 219 g/mol. The van der Waals surface area contributed by atoms with Crippen LogP contribution in [0.4, 0.5) is 0 Å². The van der Waals surface area contributed by atoms with E-state index in [1.807, 2.05) is 12.1 Å². The lowest BCUT2D eigenvalue weighted by molar-refractivity contribution is 0.160. The standard InChI is InChI=1S/C13H19N2O/c1-14-7-9-15(10-8-14)11-12-3-5-13(16-2)6-4-12/h3-6H,1,7-11H2,2H3/q-1. The molecule has 1 heterocycles. The largest absolute Gasteiger partial charge is 0.497 e. The van der Waals surface area contributed by atoms with Crippen molar-refractivity contribution in [2.75, 3.05) is 33.3 Å². The minimum atomic E-state index is 0.923. The van der Waals surface area contributed by atoms with Gasteiger partial charge in [0.2, 0.25) is 0 Å². The Morgan fingerprint density at radius 3 is 2.31 bits per heavy atom. The van der Waals surface area contributed by atoms with Crippen molar-refractivity contribution in [1.29, 1.82) is 0 Å². The second-order valence-electron chi connectivity index (χ2n) is 4.24. The lowest BCUT2D eigenvalue weighted by Crippen LogP contribution is -2.42. The van der Waals surface area contributed by atoms with Crippen molar-refractivity contribution in [3.8, 4) is 5.75 Å². The van der Waals surface area contributed by atoms with E-state index in [0.717, 1.165) is 38.5 Å². The fraction of sp³-hybridized carbons (Fsp3) is 0.462. The van der Waals surface area contributed by atoms with Crippen LogP contribution in [0.15, 0.2) is 24.3 Å². The van der Waals surface area contributed by atoms with E-state index >= 15 is 0 Å². The van der Waals surface area contributed by atoms with Gasteiger partial charge in [-0.25, -0.2) is 0 Å². The molecule has 3 nitrogen and oxygen atoms in total. The summed E-state index contributed by atoms with van der Waals surface area (Å²) < 4.78 is 5.14. The van der Waals surface area contributed by atoms with Crippen LogP contribution >= 0.6 is 0 Å². The molecular weight excluding hydrogens is 200 g/mol. The summed E-state index contributed by atoms with van der Waals surface area (Å²) in [5.74, 6) is 0.923. The molecule has 1 aromatic rings. The van der Waals surface area contributed by atoms with Gasteiger partial charge in [-0.1, -0.05) is 12.1 Å². The normalized spacial score (nSPS) is 18.6. The smallest absolute Gasteiger partial charge is 0.118 e. The monoisotopic (exact) mass is 219 g/mol. The van der Waals surface area contributed by atoms with Crippen molar-refractivity contribution >= 4 is 0 Å². The second kappa shape index (κ2) is 5.32. The van der Waals surface area contributed by atoms with E-state index in [0.29, 0.717) is 0 Å². The molecule has 0 aromatic heterocycles. The van der Waals surface area contributed by atoms with Crippen LogP contribution in [0, 0.1) is 7.05 Å². The van der Waals surface area contributed by atoms with Crippen molar-refractivity contribution < 1.29 is 4.74 Å². The number of piperazine rings is 1. The van der Waals surface area contributed by atoms with E-state index < -0.39 is 0 Å². The Bertz CT molecular complexity index is 315. The molecule has 0 atom stereocenters. The van der Waals surface area contributed by atoms with E-state index in [-0.39, 0.29) is 0 Å². The number of methoxy groups -OCH3 is 1. The van der Waals surface area contributed by atoms with Crippen molar-refractivity contribution in [1.82, 2.24) is 9.80 Å². The average Bonchev–Trinajstić information content (AvgIpc) is 2.33. The van der Waals surface area contributed by atoms with Crippen LogP contribution < -0.4 is 4.74 Å². The van der Waals surface area contributed by atoms with Crippen LogP contribution in [0.25, 0.3) is 0 Å². The maximum absolute atomic E-state index is 5.14. The molecule has 16 heavy (non-hydrogen) atoms. The quantitative estimate of drug-likeness (QED) is 0.718. The molecule has 0 aliphatic carbocycles. The van der Waals surface area contributed by atoms with Crippen LogP contribution in [0.2, 0.25) is 0 Å². The van der Waals surface area contributed by atoms with E-state index in [9.17, 15) is 0 Å². The van der Waals surface area contributed by atoms with Gasteiger partial charge in [-0.15, -0.1) is 0 Å². The fourth-order valence-corrected chi connectivity index (χ4v) is 1.94. The molecule has 1 fully saturated rings. The Balaban J connectivity index is 1.88. The van der Waals surface area contributed by atoms with Crippen molar-refractivity contribution in [2.24, 2.45) is 0 Å². The summed E-state index contributed by atoms with van der Waals surface area (Å²) in [4.78, 5) is 4.59. The molecule has 2 rings (SSSR count).